The molecule has 0 bridgehead atoms. The highest BCUT2D eigenvalue weighted by molar-refractivity contribution is 7.90. The van der Waals surface area contributed by atoms with Crippen LogP contribution in [0.1, 0.15) is 11.6 Å². The van der Waals surface area contributed by atoms with Gasteiger partial charge in [0.1, 0.15) is 5.92 Å². The molecule has 0 saturated carbocycles. The van der Waals surface area contributed by atoms with E-state index in [-0.39, 0.29) is 10.6 Å². The highest BCUT2D eigenvalue weighted by atomic mass is 32.2. The lowest BCUT2D eigenvalue weighted by atomic mass is 10.1. The van der Waals surface area contributed by atoms with Crippen molar-refractivity contribution in [3.8, 4) is 6.07 Å². The van der Waals surface area contributed by atoms with Gasteiger partial charge >= 0.3 is 0 Å². The predicted molar refractivity (Wildman–Crippen MR) is 52.8 cm³/mol. The Morgan fingerprint density at radius 1 is 1.67 bits per heavy atom. The van der Waals surface area contributed by atoms with E-state index < -0.39 is 22.4 Å². The van der Waals surface area contributed by atoms with Crippen LogP contribution in [0.25, 0.3) is 0 Å². The van der Waals surface area contributed by atoms with Gasteiger partial charge in [-0.3, -0.25) is 4.98 Å². The Balaban J connectivity index is 3.38. The summed E-state index contributed by atoms with van der Waals surface area (Å²) in [4.78, 5) is 3.82. The van der Waals surface area contributed by atoms with Crippen molar-refractivity contribution < 1.29 is 13.5 Å². The van der Waals surface area contributed by atoms with Crippen molar-refractivity contribution >= 4 is 9.84 Å². The number of nitrogens with zero attached hydrogens (tertiary/aromatic N) is 2. The SMILES string of the molecule is CS(=O)(=O)c1cccnc1C(C#N)CO. The van der Waals surface area contributed by atoms with E-state index in [0.29, 0.717) is 0 Å². The fourth-order valence-corrected chi connectivity index (χ4v) is 2.07. The second kappa shape index (κ2) is 4.38. The third kappa shape index (κ3) is 2.52. The van der Waals surface area contributed by atoms with Crippen LogP contribution in [0, 0.1) is 11.3 Å². The Labute approximate surface area is 87.9 Å². The first kappa shape index (κ1) is 11.6. The molecule has 0 aliphatic heterocycles. The summed E-state index contributed by atoms with van der Waals surface area (Å²) in [5.41, 5.74) is 0.102. The molecule has 0 fully saturated rings. The second-order valence-electron chi connectivity index (χ2n) is 3.02. The first-order valence-corrected chi connectivity index (χ1v) is 6.05. The standard InChI is InChI=1S/C9H10N2O3S/c1-15(13,14)8-3-2-4-11-9(8)7(5-10)6-12/h2-4,7,12H,6H2,1H3. The highest BCUT2D eigenvalue weighted by Crippen LogP contribution is 2.20. The molecule has 0 aromatic carbocycles. The van der Waals surface area contributed by atoms with E-state index in [1.54, 1.807) is 6.07 Å². The maximum atomic E-state index is 11.4. The van der Waals surface area contributed by atoms with Gasteiger partial charge in [-0.15, -0.1) is 0 Å². The van der Waals surface area contributed by atoms with E-state index in [4.69, 9.17) is 10.4 Å². The molecule has 0 saturated heterocycles. The Hall–Kier alpha value is -1.45. The van der Waals surface area contributed by atoms with Gasteiger partial charge in [0, 0.05) is 12.5 Å². The molecule has 1 rings (SSSR count). The molecule has 15 heavy (non-hydrogen) atoms. The van der Waals surface area contributed by atoms with Crippen molar-refractivity contribution in [1.29, 1.82) is 5.26 Å². The zero-order valence-corrected chi connectivity index (χ0v) is 8.90. The molecule has 1 heterocycles. The van der Waals surface area contributed by atoms with Gasteiger partial charge in [0.05, 0.1) is 23.3 Å². The molecule has 1 aromatic rings. The number of nitriles is 1. The summed E-state index contributed by atoms with van der Waals surface area (Å²) in [5, 5.41) is 17.6. The van der Waals surface area contributed by atoms with Crippen molar-refractivity contribution in [2.24, 2.45) is 0 Å². The van der Waals surface area contributed by atoms with E-state index in [1.807, 2.05) is 0 Å². The molecule has 1 atom stereocenters. The Morgan fingerprint density at radius 2 is 2.33 bits per heavy atom. The van der Waals surface area contributed by atoms with Crippen LogP contribution in [0.4, 0.5) is 0 Å². The Bertz CT molecular complexity index is 490. The van der Waals surface area contributed by atoms with Crippen LogP contribution in [0.2, 0.25) is 0 Å². The third-order valence-electron chi connectivity index (χ3n) is 1.87. The van der Waals surface area contributed by atoms with E-state index in [0.717, 1.165) is 6.26 Å². The smallest absolute Gasteiger partial charge is 0.177 e. The van der Waals surface area contributed by atoms with Gasteiger partial charge in [-0.25, -0.2) is 8.42 Å². The number of aromatic nitrogens is 1. The number of sulfone groups is 1. The highest BCUT2D eigenvalue weighted by Gasteiger charge is 2.20. The molecule has 80 valence electrons. The van der Waals surface area contributed by atoms with Crippen molar-refractivity contribution in [2.45, 2.75) is 10.8 Å². The minimum absolute atomic E-state index is 0.00870. The molecular formula is C9H10N2O3S. The summed E-state index contributed by atoms with van der Waals surface area (Å²) in [7, 11) is -3.42. The lowest BCUT2D eigenvalue weighted by molar-refractivity contribution is 0.283. The van der Waals surface area contributed by atoms with E-state index in [1.165, 1.54) is 18.3 Å². The largest absolute Gasteiger partial charge is 0.395 e. The van der Waals surface area contributed by atoms with Gasteiger partial charge < -0.3 is 5.11 Å². The van der Waals surface area contributed by atoms with E-state index in [9.17, 15) is 8.42 Å². The quantitative estimate of drug-likeness (QED) is 0.788. The summed E-state index contributed by atoms with van der Waals surface area (Å²) < 4.78 is 22.7. The maximum absolute atomic E-state index is 11.4. The molecule has 0 aliphatic carbocycles. The number of aliphatic hydroxyl groups is 1. The van der Waals surface area contributed by atoms with Gasteiger partial charge in [0.2, 0.25) is 0 Å². The van der Waals surface area contributed by atoms with Crippen LogP contribution in [0.5, 0.6) is 0 Å². The van der Waals surface area contributed by atoms with Crippen molar-refractivity contribution in [2.75, 3.05) is 12.9 Å². The molecule has 1 aromatic heterocycles. The normalized spacial score (nSPS) is 13.1. The van der Waals surface area contributed by atoms with Crippen LogP contribution in [0.3, 0.4) is 0 Å². The summed E-state index contributed by atoms with van der Waals surface area (Å²) in [5.74, 6) is -0.907. The second-order valence-corrected chi connectivity index (χ2v) is 5.01. The lowest BCUT2D eigenvalue weighted by Crippen LogP contribution is -2.10. The van der Waals surface area contributed by atoms with Crippen LogP contribution in [0.15, 0.2) is 23.2 Å². The molecule has 6 heteroatoms. The average molecular weight is 226 g/mol. The van der Waals surface area contributed by atoms with Gasteiger partial charge in [-0.1, -0.05) is 0 Å². The summed E-state index contributed by atoms with van der Waals surface area (Å²) in [6.45, 7) is -0.448. The minimum atomic E-state index is -3.42. The first-order chi connectivity index (χ1) is 7.00. The van der Waals surface area contributed by atoms with Crippen molar-refractivity contribution in [1.82, 2.24) is 4.98 Å². The third-order valence-corrected chi connectivity index (χ3v) is 3.01. The van der Waals surface area contributed by atoms with Gasteiger partial charge in [-0.05, 0) is 12.1 Å². The molecule has 0 amide bonds. The summed E-state index contributed by atoms with van der Waals surface area (Å²) >= 11 is 0. The number of hydrogen-bond acceptors (Lipinski definition) is 5. The molecule has 0 spiro atoms. The van der Waals surface area contributed by atoms with E-state index >= 15 is 0 Å². The van der Waals surface area contributed by atoms with Crippen molar-refractivity contribution in [3.63, 3.8) is 0 Å². The van der Waals surface area contributed by atoms with E-state index in [2.05, 4.69) is 4.98 Å². The fraction of sp³-hybridized carbons (Fsp3) is 0.333. The molecule has 0 aliphatic rings. The summed E-state index contributed by atoms with van der Waals surface area (Å²) in [6.07, 6.45) is 2.43. The number of pyridine rings is 1. The first-order valence-electron chi connectivity index (χ1n) is 4.16. The topological polar surface area (TPSA) is 91.0 Å². The van der Waals surface area contributed by atoms with Crippen LogP contribution < -0.4 is 0 Å². The lowest BCUT2D eigenvalue weighted by Gasteiger charge is -2.09. The molecular weight excluding hydrogens is 216 g/mol. The predicted octanol–water partition coefficient (Wildman–Crippen LogP) is 0.0846. The van der Waals surface area contributed by atoms with Crippen LogP contribution in [-0.2, 0) is 9.84 Å². The van der Waals surface area contributed by atoms with Crippen LogP contribution >= 0.6 is 0 Å². The Morgan fingerprint density at radius 3 is 2.80 bits per heavy atom. The maximum Gasteiger partial charge on any atom is 0.177 e. The number of aliphatic hydroxyl groups excluding tert-OH is 1. The Kier molecular flexibility index (Phi) is 3.39. The van der Waals surface area contributed by atoms with Gasteiger partial charge in [0.15, 0.2) is 9.84 Å². The van der Waals surface area contributed by atoms with Crippen molar-refractivity contribution in [3.05, 3.63) is 24.0 Å². The van der Waals surface area contributed by atoms with Crippen LogP contribution in [-0.4, -0.2) is 31.4 Å². The molecule has 0 radical (unpaired) electrons. The zero-order chi connectivity index (χ0) is 11.5. The minimum Gasteiger partial charge on any atom is -0.395 e. The number of rotatable bonds is 3. The monoisotopic (exact) mass is 226 g/mol. The summed E-state index contributed by atoms with van der Waals surface area (Å²) in [6, 6.07) is 4.65. The molecule has 1 N–H and O–H groups in total. The zero-order valence-electron chi connectivity index (χ0n) is 8.08. The molecule has 1 unspecified atom stereocenters. The van der Waals surface area contributed by atoms with Gasteiger partial charge in [-0.2, -0.15) is 5.26 Å². The van der Waals surface area contributed by atoms with Gasteiger partial charge in [0.25, 0.3) is 0 Å². The fourth-order valence-electron chi connectivity index (χ4n) is 1.17. The molecule has 5 nitrogen and oxygen atoms in total. The number of hydrogen-bond donors (Lipinski definition) is 1. The average Bonchev–Trinajstić information content (AvgIpc) is 2.19.